The lowest BCUT2D eigenvalue weighted by molar-refractivity contribution is 1.32. The molecule has 0 nitrogen and oxygen atoms in total. The molecule has 0 spiro atoms. The second-order valence-electron chi connectivity index (χ2n) is 41.3. The fourth-order valence-corrected chi connectivity index (χ4v) is 25.2. The van der Waals surface area contributed by atoms with Crippen LogP contribution >= 0.6 is 0 Å². The van der Waals surface area contributed by atoms with Crippen molar-refractivity contribution in [3.63, 3.8) is 0 Å². The lowest BCUT2D eigenvalue weighted by Gasteiger charge is -2.14. The van der Waals surface area contributed by atoms with Crippen molar-refractivity contribution in [2.24, 2.45) is 0 Å². The molecule has 0 radical (unpaired) electrons. The molecule has 0 aromatic heterocycles. The quantitative estimate of drug-likeness (QED) is 0.133. The van der Waals surface area contributed by atoms with Gasteiger partial charge in [0.05, 0.1) is 22.3 Å². The van der Waals surface area contributed by atoms with Crippen molar-refractivity contribution in [2.75, 3.05) is 0 Å². The van der Waals surface area contributed by atoms with Gasteiger partial charge in [-0.2, -0.15) is 0 Å². The molecular formula is C144H112. The monoisotopic (exact) mass is 1840 g/mol. The largest absolute Gasteiger partial charge is 0.0849 e. The van der Waals surface area contributed by atoms with Crippen molar-refractivity contribution in [1.82, 2.24) is 0 Å². The normalized spacial score (nSPS) is 12.6. The van der Waals surface area contributed by atoms with E-state index < -0.39 is 0 Å². The van der Waals surface area contributed by atoms with E-state index in [1.807, 2.05) is 0 Å². The summed E-state index contributed by atoms with van der Waals surface area (Å²) in [6.45, 7) is 53.1. The lowest BCUT2D eigenvalue weighted by atomic mass is 9.90. The van der Waals surface area contributed by atoms with Gasteiger partial charge in [0.1, 0.15) is 0 Å². The summed E-state index contributed by atoms with van der Waals surface area (Å²) in [5.41, 5.74) is 71.1. The Morgan fingerprint density at radius 3 is 0.306 bits per heavy atom. The maximum absolute atomic E-state index is 3.73. The summed E-state index contributed by atoms with van der Waals surface area (Å²) in [5.74, 6) is 58.1. The Kier molecular flexibility index (Phi) is 23.9. The van der Waals surface area contributed by atoms with E-state index in [1.54, 1.807) is 0 Å². The molecule has 0 aliphatic heterocycles. The van der Waals surface area contributed by atoms with Crippen LogP contribution in [0.4, 0.5) is 0 Å². The maximum Gasteiger partial charge on any atom is 0.0849 e. The minimum absolute atomic E-state index is 0.569. The molecule has 0 amide bonds. The van der Waals surface area contributed by atoms with Crippen LogP contribution in [0.15, 0.2) is 265 Å². The smallest absolute Gasteiger partial charge is 0.0557 e. The van der Waals surface area contributed by atoms with Crippen molar-refractivity contribution >= 4 is 22.3 Å². The standard InChI is InChI=1S/C144H112/c1-81-57-89(9)133(90(10)58-81)109-41-49-117-125(73-109)126-74-110(134-91(11)59-82(2)60-92(134)12)42-50-118(126)141(117)105-33-25-27-35-106(142-119-51-43-111(135-93(13)61-83(3)62-94(135)14)75-127(119)128-76-112(44-52-120(128)142)136-95(15)63-84(4)64-96(136)16)37-29-31-39-108(144-123-55-47-115(139-101(21)69-87(7)70-102(139)22)79-131(123)132-80-116(48-56-124(132)144)140-103(23)71-88(8)72-104(140)24)40-32-30-38-107(36-28-26-34-105)143-121-53-45-113(137-97(17)65-85(5)66-98(137)18)77-129(121)130-78-114(46-54-122(130)143)138-99(19)67-86(6)68-100(138)20/h41-80H,1-24H3. The van der Waals surface area contributed by atoms with E-state index in [0.29, 0.717) is 22.3 Å². The van der Waals surface area contributed by atoms with Crippen LogP contribution in [0.25, 0.3) is 156 Å². The van der Waals surface area contributed by atoms with Crippen LogP contribution in [0.2, 0.25) is 0 Å². The van der Waals surface area contributed by atoms with E-state index in [2.05, 4.69) is 504 Å². The molecule has 688 valence electrons. The first-order valence-corrected chi connectivity index (χ1v) is 50.1. The highest BCUT2D eigenvalue weighted by Gasteiger charge is 2.34. The van der Waals surface area contributed by atoms with Crippen LogP contribution in [0.3, 0.4) is 0 Å². The highest BCUT2D eigenvalue weighted by molar-refractivity contribution is 6.12. The van der Waals surface area contributed by atoms with Gasteiger partial charge in [-0.1, -0.05) is 239 Å². The van der Waals surface area contributed by atoms with Crippen LogP contribution in [-0.2, 0) is 0 Å². The molecule has 0 atom stereocenters. The average molecular weight is 1840 g/mol. The molecule has 0 saturated carbocycles. The summed E-state index contributed by atoms with van der Waals surface area (Å²) in [4.78, 5) is 0. The van der Waals surface area contributed by atoms with Gasteiger partial charge >= 0.3 is 0 Å². The summed E-state index contributed by atoms with van der Waals surface area (Å²) < 4.78 is 0. The van der Waals surface area contributed by atoms with Gasteiger partial charge in [0.2, 0.25) is 0 Å². The molecule has 0 N–H and O–H groups in total. The Morgan fingerprint density at radius 1 is 0.111 bits per heavy atom. The first-order chi connectivity index (χ1) is 69.3. The van der Waals surface area contributed by atoms with Crippen LogP contribution < -0.4 is 0 Å². The first-order valence-electron chi connectivity index (χ1n) is 50.1. The Balaban J connectivity index is 0.863. The third kappa shape index (κ3) is 16.7. The van der Waals surface area contributed by atoms with E-state index in [4.69, 9.17) is 0 Å². The fourth-order valence-electron chi connectivity index (χ4n) is 25.2. The third-order valence-corrected chi connectivity index (χ3v) is 29.9. The second-order valence-corrected chi connectivity index (χ2v) is 41.3. The molecule has 0 bridgehead atoms. The van der Waals surface area contributed by atoms with Gasteiger partial charge in [0, 0.05) is 22.3 Å². The predicted octanol–water partition coefficient (Wildman–Crippen LogP) is 34.7. The van der Waals surface area contributed by atoms with Crippen molar-refractivity contribution < 1.29 is 0 Å². The van der Waals surface area contributed by atoms with Crippen molar-refractivity contribution in [3.05, 3.63) is 443 Å². The molecular weight excluding hydrogens is 1730 g/mol. The van der Waals surface area contributed by atoms with E-state index in [9.17, 15) is 0 Å². The molecule has 0 saturated heterocycles. The molecule has 16 aromatic rings. The molecule has 0 heterocycles. The zero-order valence-corrected chi connectivity index (χ0v) is 87.1. The zero-order valence-electron chi connectivity index (χ0n) is 87.1. The first kappa shape index (κ1) is 93.3. The summed E-state index contributed by atoms with van der Waals surface area (Å²) in [7, 11) is 0. The van der Waals surface area contributed by atoms with Gasteiger partial charge in [-0.05, 0) is 576 Å². The molecule has 21 rings (SSSR count). The van der Waals surface area contributed by atoms with Gasteiger partial charge < -0.3 is 0 Å². The SMILES string of the molecule is Cc1cc(C)c(-c2ccc3c(c2)-c2cc(-c4c(C)cc(C)cc4C)ccc2C3=C2C#CC#CC(=C3c4ccc(-c5c(C)cc(C)cc5C)cc4-c4cc(-c5c(C)cc(C)cc5C)ccc43)C#CC#CC(=C3c4ccc(-c5c(C)cc(C)cc5C)cc4-c4cc(-c5c(C)cc(C)cc5C)ccc43)C#CC#CC(=C3c4ccc(-c5c(C)cc(C)cc5C)cc4-c4cc(-c5c(C)cc(C)cc5C)ccc43)C#CC#C2)c(C)c1. The zero-order chi connectivity index (χ0) is 101. The van der Waals surface area contributed by atoms with Crippen molar-refractivity contribution in [3.8, 4) is 228 Å². The van der Waals surface area contributed by atoms with Crippen LogP contribution in [0, 0.1) is 261 Å². The van der Waals surface area contributed by atoms with Crippen LogP contribution in [0.5, 0.6) is 0 Å². The molecule has 5 aliphatic carbocycles. The van der Waals surface area contributed by atoms with E-state index in [1.165, 1.54) is 178 Å². The number of rotatable bonds is 8. The minimum Gasteiger partial charge on any atom is -0.0557 e. The van der Waals surface area contributed by atoms with Gasteiger partial charge in [-0.25, -0.2) is 0 Å². The average Bonchev–Trinajstić information content (AvgIpc) is 1.59. The van der Waals surface area contributed by atoms with Crippen molar-refractivity contribution in [2.45, 2.75) is 166 Å². The summed E-state index contributed by atoms with van der Waals surface area (Å²) in [6, 6.07) is 92.3. The molecule has 5 aliphatic rings. The maximum atomic E-state index is 3.73. The number of benzene rings is 16. The number of allylic oxidation sites excluding steroid dienone is 4. The summed E-state index contributed by atoms with van der Waals surface area (Å²) in [6.07, 6.45) is 0. The molecule has 16 aromatic carbocycles. The Morgan fingerprint density at radius 2 is 0.208 bits per heavy atom. The Hall–Kier alpha value is -17.0. The minimum atomic E-state index is 0.569. The Bertz CT molecular complexity index is 7490. The number of aryl methyl sites for hydroxylation is 24. The van der Waals surface area contributed by atoms with Crippen molar-refractivity contribution in [1.29, 1.82) is 0 Å². The molecule has 0 heteroatoms. The summed E-state index contributed by atoms with van der Waals surface area (Å²) in [5, 5.41) is 0. The highest BCUT2D eigenvalue weighted by Crippen LogP contribution is 2.56. The molecule has 0 fully saturated rings. The third-order valence-electron chi connectivity index (χ3n) is 29.9. The van der Waals surface area contributed by atoms with Gasteiger partial charge in [0.15, 0.2) is 0 Å². The van der Waals surface area contributed by atoms with E-state index in [0.717, 1.165) is 156 Å². The topological polar surface area (TPSA) is 0 Å². The summed E-state index contributed by atoms with van der Waals surface area (Å²) >= 11 is 0. The lowest BCUT2D eigenvalue weighted by Crippen LogP contribution is -1.92. The number of hydrogen-bond acceptors (Lipinski definition) is 0. The predicted molar refractivity (Wildman–Crippen MR) is 611 cm³/mol. The van der Waals surface area contributed by atoms with Gasteiger partial charge in [-0.15, -0.1) is 0 Å². The fraction of sp³-hybridized carbons (Fsp3) is 0.167. The van der Waals surface area contributed by atoms with Gasteiger partial charge in [0.25, 0.3) is 0 Å². The second kappa shape index (κ2) is 36.9. The van der Waals surface area contributed by atoms with Gasteiger partial charge in [-0.3, -0.25) is 0 Å². The van der Waals surface area contributed by atoms with Crippen LogP contribution in [0.1, 0.15) is 178 Å². The Labute approximate surface area is 853 Å². The highest BCUT2D eigenvalue weighted by atomic mass is 14.4. The molecule has 144 heavy (non-hydrogen) atoms. The number of fused-ring (bicyclic) bond motifs is 12. The van der Waals surface area contributed by atoms with E-state index >= 15 is 0 Å². The molecule has 0 unspecified atom stereocenters. The van der Waals surface area contributed by atoms with Crippen LogP contribution in [-0.4, -0.2) is 0 Å². The number of hydrogen-bond donors (Lipinski definition) is 0. The van der Waals surface area contributed by atoms with E-state index in [-0.39, 0.29) is 0 Å².